The van der Waals surface area contributed by atoms with Crippen LogP contribution in [0.2, 0.25) is 0 Å². The van der Waals surface area contributed by atoms with Crippen molar-refractivity contribution in [2.75, 3.05) is 14.1 Å². The van der Waals surface area contributed by atoms with Crippen LogP contribution in [0.25, 0.3) is 10.9 Å². The number of hydrogen-bond donors (Lipinski definition) is 0. The Morgan fingerprint density at radius 2 is 2.06 bits per heavy atom. The van der Waals surface area contributed by atoms with Gasteiger partial charge < -0.3 is 9.47 Å². The predicted molar refractivity (Wildman–Crippen MR) is 69.4 cm³/mol. The van der Waals surface area contributed by atoms with E-state index in [2.05, 4.69) is 37.2 Å². The Balaban J connectivity index is 2.29. The van der Waals surface area contributed by atoms with Crippen LogP contribution in [-0.4, -0.2) is 29.6 Å². The van der Waals surface area contributed by atoms with Gasteiger partial charge in [0.2, 0.25) is 0 Å². The van der Waals surface area contributed by atoms with Crippen molar-refractivity contribution in [3.63, 3.8) is 0 Å². The largest absolute Gasteiger partial charge is 0.306 e. The third-order valence-corrected chi connectivity index (χ3v) is 3.67. The zero-order valence-electron chi connectivity index (χ0n) is 10.2. The van der Waals surface area contributed by atoms with E-state index in [0.717, 1.165) is 18.5 Å². The highest BCUT2D eigenvalue weighted by Crippen LogP contribution is 2.24. The van der Waals surface area contributed by atoms with Crippen molar-refractivity contribution in [1.29, 1.82) is 0 Å². The molecule has 1 aromatic heterocycles. The van der Waals surface area contributed by atoms with Gasteiger partial charge in [-0.2, -0.15) is 0 Å². The molecule has 1 atom stereocenters. The lowest BCUT2D eigenvalue weighted by molar-refractivity contribution is 0.256. The van der Waals surface area contributed by atoms with E-state index in [1.165, 1.54) is 10.9 Å². The summed E-state index contributed by atoms with van der Waals surface area (Å²) in [6.45, 7) is 0.792. The fourth-order valence-electron chi connectivity index (χ4n) is 2.66. The minimum Gasteiger partial charge on any atom is -0.306 e. The molecule has 1 aliphatic heterocycles. The fraction of sp³-hybridized carbons (Fsp3) is 0.357. The predicted octanol–water partition coefficient (Wildman–Crippen LogP) is 1.49. The van der Waals surface area contributed by atoms with Crippen LogP contribution < -0.4 is 5.56 Å². The fourth-order valence-corrected chi connectivity index (χ4v) is 2.66. The first kappa shape index (κ1) is 10.5. The Morgan fingerprint density at radius 1 is 1.24 bits per heavy atom. The van der Waals surface area contributed by atoms with E-state index < -0.39 is 0 Å². The van der Waals surface area contributed by atoms with Crippen LogP contribution in [0.15, 0.2) is 35.1 Å². The molecule has 88 valence electrons. The van der Waals surface area contributed by atoms with Crippen LogP contribution in [0.1, 0.15) is 5.56 Å². The van der Waals surface area contributed by atoms with Gasteiger partial charge in [0.05, 0.1) is 5.52 Å². The summed E-state index contributed by atoms with van der Waals surface area (Å²) in [7, 11) is 4.15. The Hall–Kier alpha value is -1.61. The van der Waals surface area contributed by atoms with Crippen LogP contribution in [0.3, 0.4) is 0 Å². The first-order chi connectivity index (χ1) is 8.16. The lowest BCUT2D eigenvalue weighted by atomic mass is 9.97. The second-order valence-corrected chi connectivity index (χ2v) is 4.96. The summed E-state index contributed by atoms with van der Waals surface area (Å²) < 4.78 is 1.92. The van der Waals surface area contributed by atoms with Gasteiger partial charge in [-0.1, -0.05) is 18.2 Å². The monoisotopic (exact) mass is 228 g/mol. The minimum atomic E-state index is 0.108. The normalized spacial score (nSPS) is 18.9. The van der Waals surface area contributed by atoms with Crippen molar-refractivity contribution in [3.8, 4) is 0 Å². The molecule has 3 heteroatoms. The molecule has 2 aromatic rings. The first-order valence-electron chi connectivity index (χ1n) is 5.94. The van der Waals surface area contributed by atoms with Crippen molar-refractivity contribution in [3.05, 3.63) is 46.2 Å². The Bertz CT molecular complexity index is 628. The Morgan fingerprint density at radius 3 is 2.82 bits per heavy atom. The van der Waals surface area contributed by atoms with Gasteiger partial charge in [0.25, 0.3) is 5.56 Å². The molecule has 0 radical (unpaired) electrons. The standard InChI is InChI=1S/C14H16N2O/c1-15(2)12-8-11-5-3-4-10-6-7-13(17)16(9-12)14(10)11/h3-7,12H,8-9H2,1-2H3. The summed E-state index contributed by atoms with van der Waals surface area (Å²) in [5.41, 5.74) is 2.51. The van der Waals surface area contributed by atoms with Crippen molar-refractivity contribution in [1.82, 2.24) is 9.47 Å². The molecule has 0 N–H and O–H groups in total. The number of hydrogen-bond acceptors (Lipinski definition) is 2. The van der Waals surface area contributed by atoms with Gasteiger partial charge in [-0.25, -0.2) is 0 Å². The molecule has 0 amide bonds. The molecule has 2 heterocycles. The first-order valence-corrected chi connectivity index (χ1v) is 5.94. The highest BCUT2D eigenvalue weighted by atomic mass is 16.1. The Kier molecular flexibility index (Phi) is 2.30. The maximum absolute atomic E-state index is 12.0. The third kappa shape index (κ3) is 1.58. The zero-order chi connectivity index (χ0) is 12.0. The number of likely N-dealkylation sites (N-methyl/N-ethyl adjacent to an activating group) is 1. The van der Waals surface area contributed by atoms with E-state index in [1.54, 1.807) is 6.07 Å². The van der Waals surface area contributed by atoms with E-state index in [0.29, 0.717) is 6.04 Å². The Labute approximate surface area is 100 Å². The quantitative estimate of drug-likeness (QED) is 0.739. The van der Waals surface area contributed by atoms with Crippen LogP contribution in [0, 0.1) is 0 Å². The maximum Gasteiger partial charge on any atom is 0.251 e. The topological polar surface area (TPSA) is 25.2 Å². The molecular weight excluding hydrogens is 212 g/mol. The van der Waals surface area contributed by atoms with Gasteiger partial charge >= 0.3 is 0 Å². The van der Waals surface area contributed by atoms with Gasteiger partial charge in [0.15, 0.2) is 0 Å². The zero-order valence-corrected chi connectivity index (χ0v) is 10.2. The molecule has 1 aromatic carbocycles. The van der Waals surface area contributed by atoms with Crippen molar-refractivity contribution < 1.29 is 0 Å². The number of rotatable bonds is 1. The number of pyridine rings is 1. The van der Waals surface area contributed by atoms with Gasteiger partial charge in [-0.3, -0.25) is 4.79 Å². The maximum atomic E-state index is 12.0. The van der Waals surface area contributed by atoms with E-state index in [-0.39, 0.29) is 5.56 Å². The molecule has 0 saturated heterocycles. The molecule has 0 spiro atoms. The lowest BCUT2D eigenvalue weighted by Gasteiger charge is -2.31. The van der Waals surface area contributed by atoms with Crippen molar-refractivity contribution >= 4 is 10.9 Å². The molecule has 1 unspecified atom stereocenters. The van der Waals surface area contributed by atoms with E-state index in [4.69, 9.17) is 0 Å². The second kappa shape index (κ2) is 3.70. The second-order valence-electron chi connectivity index (χ2n) is 4.96. The molecule has 3 nitrogen and oxygen atoms in total. The van der Waals surface area contributed by atoms with E-state index in [9.17, 15) is 4.79 Å². The van der Waals surface area contributed by atoms with Crippen LogP contribution in [0.5, 0.6) is 0 Å². The highest BCUT2D eigenvalue weighted by Gasteiger charge is 2.22. The average Bonchev–Trinajstić information content (AvgIpc) is 2.33. The molecule has 3 rings (SSSR count). The SMILES string of the molecule is CN(C)C1Cc2cccc3ccc(=O)n(c23)C1. The van der Waals surface area contributed by atoms with Gasteiger partial charge in [-0.05, 0) is 37.5 Å². The van der Waals surface area contributed by atoms with Gasteiger partial charge in [0, 0.05) is 18.7 Å². The highest BCUT2D eigenvalue weighted by molar-refractivity contribution is 5.82. The molecule has 1 aliphatic rings. The molecule has 0 bridgehead atoms. The van der Waals surface area contributed by atoms with Gasteiger partial charge in [-0.15, -0.1) is 0 Å². The van der Waals surface area contributed by atoms with Crippen LogP contribution >= 0.6 is 0 Å². The van der Waals surface area contributed by atoms with Crippen LogP contribution in [-0.2, 0) is 13.0 Å². The summed E-state index contributed by atoms with van der Waals surface area (Å²) in [4.78, 5) is 14.2. The van der Waals surface area contributed by atoms with E-state index >= 15 is 0 Å². The summed E-state index contributed by atoms with van der Waals surface area (Å²) in [6.07, 6.45) is 1.02. The molecule has 0 saturated carbocycles. The summed E-state index contributed by atoms with van der Waals surface area (Å²) >= 11 is 0. The smallest absolute Gasteiger partial charge is 0.251 e. The molecule has 0 fully saturated rings. The summed E-state index contributed by atoms with van der Waals surface area (Å²) in [5.74, 6) is 0. The number of aromatic nitrogens is 1. The van der Waals surface area contributed by atoms with Crippen molar-refractivity contribution in [2.45, 2.75) is 19.0 Å². The number of nitrogens with zero attached hydrogens (tertiary/aromatic N) is 2. The number of benzene rings is 1. The van der Waals surface area contributed by atoms with Crippen molar-refractivity contribution in [2.24, 2.45) is 0 Å². The van der Waals surface area contributed by atoms with Crippen LogP contribution in [0.4, 0.5) is 0 Å². The molecular formula is C14H16N2O. The lowest BCUT2D eigenvalue weighted by Crippen LogP contribution is -2.40. The minimum absolute atomic E-state index is 0.108. The summed E-state index contributed by atoms with van der Waals surface area (Å²) in [5, 5.41) is 1.17. The summed E-state index contributed by atoms with van der Waals surface area (Å²) in [6, 6.07) is 10.3. The van der Waals surface area contributed by atoms with Gasteiger partial charge in [0.1, 0.15) is 0 Å². The third-order valence-electron chi connectivity index (χ3n) is 3.67. The average molecular weight is 228 g/mol. The molecule has 0 aliphatic carbocycles. The number of para-hydroxylation sites is 1. The molecule has 17 heavy (non-hydrogen) atoms. The van der Waals surface area contributed by atoms with E-state index in [1.807, 2.05) is 10.6 Å².